The summed E-state index contributed by atoms with van der Waals surface area (Å²) < 4.78 is 7.45. The van der Waals surface area contributed by atoms with Gasteiger partial charge < -0.3 is 21.1 Å². The summed E-state index contributed by atoms with van der Waals surface area (Å²) >= 11 is 0. The Labute approximate surface area is 186 Å². The molecule has 32 heavy (non-hydrogen) atoms. The average molecular weight is 430 g/mol. The van der Waals surface area contributed by atoms with Crippen LogP contribution in [0.1, 0.15) is 24.4 Å². The van der Waals surface area contributed by atoms with Crippen LogP contribution >= 0.6 is 0 Å². The van der Waals surface area contributed by atoms with E-state index in [1.54, 1.807) is 19.5 Å². The lowest BCUT2D eigenvalue weighted by molar-refractivity contribution is 0.351. The van der Waals surface area contributed by atoms with Crippen LogP contribution in [0.5, 0.6) is 5.88 Å². The number of nitrogen functional groups attached to an aromatic ring is 1. The molecule has 0 spiro atoms. The number of pyridine rings is 2. The molecule has 3 aromatic heterocycles. The van der Waals surface area contributed by atoms with Crippen LogP contribution in [-0.2, 0) is 6.54 Å². The van der Waals surface area contributed by atoms with Gasteiger partial charge in [-0.25, -0.2) is 4.98 Å². The molecule has 0 atom stereocenters. The second-order valence-electron chi connectivity index (χ2n) is 8.00. The maximum absolute atomic E-state index is 6.35. The number of anilines is 2. The average Bonchev–Trinajstić information content (AvgIpc) is 3.25. The van der Waals surface area contributed by atoms with Crippen molar-refractivity contribution in [3.63, 3.8) is 0 Å². The third-order valence-corrected chi connectivity index (χ3v) is 5.99. The Balaban J connectivity index is 1.43. The number of rotatable bonds is 6. The first-order valence-corrected chi connectivity index (χ1v) is 10.9. The Morgan fingerprint density at radius 2 is 1.97 bits per heavy atom. The summed E-state index contributed by atoms with van der Waals surface area (Å²) in [6.45, 7) is 2.63. The molecule has 1 aromatic carbocycles. The van der Waals surface area contributed by atoms with Gasteiger partial charge in [-0.1, -0.05) is 18.2 Å². The summed E-state index contributed by atoms with van der Waals surface area (Å²) in [5.74, 6) is 0.635. The number of hydrogen-bond acceptors (Lipinski definition) is 7. The second-order valence-corrected chi connectivity index (χ2v) is 8.00. The number of hydrogen-bond donors (Lipinski definition) is 3. The SMILES string of the molecule is COc1ncccc1CNc1ccc(-c2nn(C3CCNCC3)c3cncc(N)c23)cc1. The smallest absolute Gasteiger partial charge is 0.218 e. The molecule has 4 heterocycles. The first-order valence-electron chi connectivity index (χ1n) is 10.9. The van der Waals surface area contributed by atoms with Crippen LogP contribution < -0.4 is 21.1 Å². The summed E-state index contributed by atoms with van der Waals surface area (Å²) in [5, 5.41) is 12.8. The number of ether oxygens (including phenoxy) is 1. The number of benzene rings is 1. The highest BCUT2D eigenvalue weighted by molar-refractivity contribution is 6.01. The Hall–Kier alpha value is -3.65. The van der Waals surface area contributed by atoms with Crippen molar-refractivity contribution in [1.29, 1.82) is 0 Å². The minimum Gasteiger partial charge on any atom is -0.481 e. The van der Waals surface area contributed by atoms with E-state index in [0.717, 1.165) is 59.3 Å². The predicted octanol–water partition coefficient (Wildman–Crippen LogP) is 3.62. The molecule has 0 saturated carbocycles. The summed E-state index contributed by atoms with van der Waals surface area (Å²) in [6, 6.07) is 12.5. The topological polar surface area (TPSA) is 103 Å². The van der Waals surface area contributed by atoms with Crippen molar-refractivity contribution in [2.24, 2.45) is 0 Å². The Morgan fingerprint density at radius 3 is 2.75 bits per heavy atom. The van der Waals surface area contributed by atoms with Crippen molar-refractivity contribution in [3.05, 3.63) is 60.6 Å². The van der Waals surface area contributed by atoms with E-state index >= 15 is 0 Å². The molecule has 8 nitrogen and oxygen atoms in total. The monoisotopic (exact) mass is 429 g/mol. The molecule has 0 unspecified atom stereocenters. The molecule has 0 bridgehead atoms. The molecule has 0 radical (unpaired) electrons. The van der Waals surface area contributed by atoms with Gasteiger partial charge in [0.05, 0.1) is 42.1 Å². The van der Waals surface area contributed by atoms with Gasteiger partial charge in [0.15, 0.2) is 0 Å². The largest absolute Gasteiger partial charge is 0.481 e. The number of nitrogens with one attached hydrogen (secondary N) is 2. The Morgan fingerprint density at radius 1 is 1.16 bits per heavy atom. The lowest BCUT2D eigenvalue weighted by atomic mass is 10.1. The van der Waals surface area contributed by atoms with Gasteiger partial charge in [-0.05, 0) is 44.1 Å². The minimum atomic E-state index is 0.353. The highest BCUT2D eigenvalue weighted by Crippen LogP contribution is 2.35. The third kappa shape index (κ3) is 3.85. The second kappa shape index (κ2) is 8.84. The van der Waals surface area contributed by atoms with Gasteiger partial charge in [0, 0.05) is 29.6 Å². The predicted molar refractivity (Wildman–Crippen MR) is 127 cm³/mol. The molecule has 1 saturated heterocycles. The zero-order valence-corrected chi connectivity index (χ0v) is 18.1. The highest BCUT2D eigenvalue weighted by atomic mass is 16.5. The maximum atomic E-state index is 6.35. The normalized spacial score (nSPS) is 14.5. The van der Waals surface area contributed by atoms with Gasteiger partial charge >= 0.3 is 0 Å². The van der Waals surface area contributed by atoms with Gasteiger partial charge in [-0.3, -0.25) is 9.67 Å². The first kappa shape index (κ1) is 20.3. The number of aromatic nitrogens is 4. The first-order chi connectivity index (χ1) is 15.7. The fraction of sp³-hybridized carbons (Fsp3) is 0.292. The highest BCUT2D eigenvalue weighted by Gasteiger charge is 2.22. The van der Waals surface area contributed by atoms with Crippen LogP contribution in [0.15, 0.2) is 55.0 Å². The number of methoxy groups -OCH3 is 1. The standard InChI is InChI=1S/C24H27N7O/c1-32-24-17(3-2-10-28-24)13-29-18-6-4-16(5-7-18)23-22-20(25)14-27-15-21(22)31(30-23)19-8-11-26-12-9-19/h2-7,10,14-15,19,26,29H,8-9,11-13,25H2,1H3. The minimum absolute atomic E-state index is 0.353. The van der Waals surface area contributed by atoms with Gasteiger partial charge in [-0.15, -0.1) is 0 Å². The summed E-state index contributed by atoms with van der Waals surface area (Å²) in [6.07, 6.45) is 7.40. The van der Waals surface area contributed by atoms with E-state index in [0.29, 0.717) is 24.2 Å². The lowest BCUT2D eigenvalue weighted by Gasteiger charge is -2.23. The molecule has 1 fully saturated rings. The number of nitrogens with zero attached hydrogens (tertiary/aromatic N) is 4. The lowest BCUT2D eigenvalue weighted by Crippen LogP contribution is -2.29. The summed E-state index contributed by atoms with van der Waals surface area (Å²) in [7, 11) is 1.63. The Bertz CT molecular complexity index is 1210. The number of nitrogens with two attached hydrogens (primary N) is 1. The molecule has 164 valence electrons. The van der Waals surface area contributed by atoms with Crippen molar-refractivity contribution in [2.45, 2.75) is 25.4 Å². The van der Waals surface area contributed by atoms with Crippen molar-refractivity contribution in [3.8, 4) is 17.1 Å². The zero-order valence-electron chi connectivity index (χ0n) is 18.1. The molecule has 1 aliphatic heterocycles. The molecule has 4 N–H and O–H groups in total. The molecule has 5 rings (SSSR count). The molecule has 0 amide bonds. The fourth-order valence-corrected chi connectivity index (χ4v) is 4.33. The van der Waals surface area contributed by atoms with E-state index in [9.17, 15) is 0 Å². The summed E-state index contributed by atoms with van der Waals surface area (Å²) in [4.78, 5) is 8.58. The quantitative estimate of drug-likeness (QED) is 0.430. The number of fused-ring (bicyclic) bond motifs is 1. The van der Waals surface area contributed by atoms with Crippen LogP contribution in [0.4, 0.5) is 11.4 Å². The van der Waals surface area contributed by atoms with Crippen molar-refractivity contribution < 1.29 is 4.74 Å². The summed E-state index contributed by atoms with van der Waals surface area (Å²) in [5.41, 5.74) is 12.0. The van der Waals surface area contributed by atoms with Crippen molar-refractivity contribution in [1.82, 2.24) is 25.1 Å². The van der Waals surface area contributed by atoms with E-state index in [4.69, 9.17) is 15.6 Å². The zero-order chi connectivity index (χ0) is 21.9. The van der Waals surface area contributed by atoms with E-state index < -0.39 is 0 Å². The van der Waals surface area contributed by atoms with Crippen molar-refractivity contribution in [2.75, 3.05) is 31.2 Å². The van der Waals surface area contributed by atoms with Gasteiger partial charge in [0.2, 0.25) is 5.88 Å². The Kier molecular flexibility index (Phi) is 5.60. The van der Waals surface area contributed by atoms with Gasteiger partial charge in [-0.2, -0.15) is 5.10 Å². The van der Waals surface area contributed by atoms with Crippen LogP contribution in [0.25, 0.3) is 22.2 Å². The van der Waals surface area contributed by atoms with Crippen LogP contribution in [0.2, 0.25) is 0 Å². The molecule has 0 aliphatic carbocycles. The van der Waals surface area contributed by atoms with Crippen molar-refractivity contribution >= 4 is 22.3 Å². The molecular weight excluding hydrogens is 402 g/mol. The molecule has 8 heteroatoms. The molecule has 1 aliphatic rings. The van der Waals surface area contributed by atoms with E-state index in [2.05, 4.69) is 49.5 Å². The maximum Gasteiger partial charge on any atom is 0.218 e. The van der Waals surface area contributed by atoms with Crippen LogP contribution in [0.3, 0.4) is 0 Å². The number of piperidine rings is 1. The van der Waals surface area contributed by atoms with Crippen LogP contribution in [0, 0.1) is 0 Å². The van der Waals surface area contributed by atoms with E-state index in [1.165, 1.54) is 0 Å². The third-order valence-electron chi connectivity index (χ3n) is 5.99. The van der Waals surface area contributed by atoms with E-state index in [-0.39, 0.29) is 0 Å². The molecule has 4 aromatic rings. The van der Waals surface area contributed by atoms with Gasteiger partial charge in [0.1, 0.15) is 5.69 Å². The van der Waals surface area contributed by atoms with Crippen LogP contribution in [-0.4, -0.2) is 39.9 Å². The molecular formula is C24H27N7O. The fourth-order valence-electron chi connectivity index (χ4n) is 4.33. The van der Waals surface area contributed by atoms with E-state index in [1.807, 2.05) is 18.3 Å². The van der Waals surface area contributed by atoms with Gasteiger partial charge in [0.25, 0.3) is 0 Å².